The summed E-state index contributed by atoms with van der Waals surface area (Å²) in [5.41, 5.74) is 9.05. The van der Waals surface area contributed by atoms with Gasteiger partial charge in [0, 0.05) is 24.6 Å². The highest BCUT2D eigenvalue weighted by Gasteiger charge is 2.34. The van der Waals surface area contributed by atoms with Crippen LogP contribution in [0.5, 0.6) is 11.5 Å². The number of aliphatic imine (C=N–C) groups is 1. The van der Waals surface area contributed by atoms with Gasteiger partial charge < -0.3 is 34.5 Å². The number of aryl methyl sites for hydroxylation is 1. The fraction of sp³-hybridized carbons (Fsp3) is 0.419. The molecule has 2 aromatic rings. The van der Waals surface area contributed by atoms with Crippen molar-refractivity contribution in [2.24, 2.45) is 10.1 Å². The van der Waals surface area contributed by atoms with Crippen LogP contribution in [0.2, 0.25) is 0 Å². The number of hydrogen-bond donors (Lipinski definition) is 4. The first-order valence-corrected chi connectivity index (χ1v) is 15.9. The van der Waals surface area contributed by atoms with Gasteiger partial charge in [-0.1, -0.05) is 30.3 Å². The predicted molar refractivity (Wildman–Crippen MR) is 167 cm³/mol. The average Bonchev–Trinajstić information content (AvgIpc) is 3.72. The first-order chi connectivity index (χ1) is 21.4. The largest absolute Gasteiger partial charge is 0.611 e. The van der Waals surface area contributed by atoms with Crippen molar-refractivity contribution in [3.05, 3.63) is 58.7 Å². The maximum atomic E-state index is 13.7. The van der Waals surface area contributed by atoms with Gasteiger partial charge >= 0.3 is 12.1 Å². The van der Waals surface area contributed by atoms with Crippen molar-refractivity contribution in [2.75, 3.05) is 33.1 Å². The van der Waals surface area contributed by atoms with Crippen LogP contribution < -0.4 is 25.5 Å². The molecular formula is C31H37N5O7S. The number of carboxylic acid groups (broad SMARTS) is 1. The Labute approximate surface area is 259 Å². The van der Waals surface area contributed by atoms with Crippen molar-refractivity contribution >= 4 is 40.5 Å². The summed E-state index contributed by atoms with van der Waals surface area (Å²) in [6, 6.07) is 9.66. The first kappa shape index (κ1) is 31.2. The molecule has 1 heterocycles. The molecule has 0 bridgehead atoms. The number of ether oxygens (including phenoxy) is 3. The van der Waals surface area contributed by atoms with Crippen LogP contribution in [0.3, 0.4) is 0 Å². The van der Waals surface area contributed by atoms with Crippen molar-refractivity contribution < 1.29 is 33.5 Å². The number of aliphatic carboxylic acids is 1. The number of rotatable bonds is 11. The van der Waals surface area contributed by atoms with E-state index in [0.717, 1.165) is 53.8 Å². The number of allylic oxidation sites excluding steroid dienone is 2. The highest BCUT2D eigenvalue weighted by molar-refractivity contribution is 7.91. The maximum Gasteiger partial charge on any atom is 0.408 e. The number of fused-ring (bicyclic) bond motifs is 2. The monoisotopic (exact) mass is 623 g/mol. The van der Waals surface area contributed by atoms with Crippen LogP contribution in [0, 0.1) is 0 Å². The van der Waals surface area contributed by atoms with Crippen LogP contribution in [0.1, 0.15) is 48.8 Å². The molecule has 4 N–H and O–H groups in total. The van der Waals surface area contributed by atoms with E-state index < -0.39 is 29.3 Å². The molecule has 1 amide bonds. The van der Waals surface area contributed by atoms with Gasteiger partial charge in [-0.05, 0) is 65.6 Å². The molecule has 12 nitrogen and oxygen atoms in total. The third-order valence-corrected chi connectivity index (χ3v) is 9.20. The third-order valence-electron chi connectivity index (χ3n) is 7.80. The number of guanidine groups is 1. The van der Waals surface area contributed by atoms with Gasteiger partial charge in [0.05, 0.1) is 26.5 Å². The van der Waals surface area contributed by atoms with Gasteiger partial charge in [0.2, 0.25) is 11.7 Å². The molecule has 2 unspecified atom stereocenters. The predicted octanol–water partition coefficient (Wildman–Crippen LogP) is 3.37. The molecule has 44 heavy (non-hydrogen) atoms. The number of nitrogens with one attached hydrogen (secondary N) is 3. The molecule has 0 aromatic heterocycles. The van der Waals surface area contributed by atoms with Crippen molar-refractivity contribution in [1.29, 1.82) is 0 Å². The van der Waals surface area contributed by atoms with E-state index in [4.69, 9.17) is 19.3 Å². The molecule has 0 spiro atoms. The van der Waals surface area contributed by atoms with Gasteiger partial charge in [0.25, 0.3) is 0 Å². The summed E-state index contributed by atoms with van der Waals surface area (Å²) in [5, 5.41) is 20.0. The summed E-state index contributed by atoms with van der Waals surface area (Å²) >= 11 is -1.66. The van der Waals surface area contributed by atoms with Gasteiger partial charge in [-0.15, -0.1) is 0 Å². The van der Waals surface area contributed by atoms with Gasteiger partial charge in [-0.25, -0.2) is 20.0 Å². The number of hydrazone groups is 1. The Balaban J connectivity index is 1.33. The molecule has 2 aromatic carbocycles. The zero-order valence-electron chi connectivity index (χ0n) is 24.8. The van der Waals surface area contributed by atoms with E-state index in [2.05, 4.69) is 21.1 Å². The maximum absolute atomic E-state index is 13.7. The number of nitrogens with zero attached hydrogens (tertiary/aromatic N) is 2. The Morgan fingerprint density at radius 2 is 1.89 bits per heavy atom. The van der Waals surface area contributed by atoms with E-state index in [1.54, 1.807) is 19.2 Å². The molecule has 234 valence electrons. The molecular weight excluding hydrogens is 586 g/mol. The second kappa shape index (κ2) is 14.5. The zero-order valence-corrected chi connectivity index (χ0v) is 25.6. The SMILES string of the molecule is COc1c([S+]([O-])CCC(NC(=O)OCc2ccccc2)C(=O)O)cc2c(c1OC)C1=C(CCC1)C(=NNC1=NCCN1)CC2. The van der Waals surface area contributed by atoms with Crippen LogP contribution in [-0.2, 0) is 33.7 Å². The molecule has 13 heteroatoms. The van der Waals surface area contributed by atoms with Crippen molar-refractivity contribution in [3.8, 4) is 11.5 Å². The lowest BCUT2D eigenvalue weighted by Crippen LogP contribution is -2.42. The normalized spacial score (nSPS) is 17.9. The molecule has 0 saturated heterocycles. The second-order valence-electron chi connectivity index (χ2n) is 10.5. The van der Waals surface area contributed by atoms with E-state index >= 15 is 0 Å². The second-order valence-corrected chi connectivity index (χ2v) is 12.1. The van der Waals surface area contributed by atoms with Crippen LogP contribution in [0.4, 0.5) is 4.79 Å². The number of hydrogen-bond acceptors (Lipinski definition) is 10. The smallest absolute Gasteiger partial charge is 0.408 e. The highest BCUT2D eigenvalue weighted by Crippen LogP contribution is 2.49. The first-order valence-electron chi connectivity index (χ1n) is 14.6. The molecule has 0 fully saturated rings. The van der Waals surface area contributed by atoms with E-state index in [9.17, 15) is 19.2 Å². The molecule has 5 rings (SSSR count). The topological polar surface area (TPSA) is 166 Å². The minimum absolute atomic E-state index is 0.00331. The summed E-state index contributed by atoms with van der Waals surface area (Å²) in [5.74, 6) is 0.248. The summed E-state index contributed by atoms with van der Waals surface area (Å²) in [4.78, 5) is 29.0. The standard InChI is InChI=1S/C31H37N5O7S/c1-41-27-25(44(40)16-13-24(29(37)38)34-31(39)43-18-19-7-4-3-5-8-19)17-20-11-12-23(35-36-30-32-14-15-33-30)21-9-6-10-22(21)26(20)28(27)42-2/h3-5,7-8,17,24H,6,9-16,18H2,1-2H3,(H,34,39)(H,37,38)(H2,32,33,36). The van der Waals surface area contributed by atoms with Crippen LogP contribution >= 0.6 is 0 Å². The molecule has 2 atom stereocenters. The van der Waals surface area contributed by atoms with E-state index in [1.807, 2.05) is 24.3 Å². The molecule has 0 saturated carbocycles. The summed E-state index contributed by atoms with van der Waals surface area (Å²) in [7, 11) is 3.07. The Morgan fingerprint density at radius 3 is 2.59 bits per heavy atom. The van der Waals surface area contributed by atoms with Crippen LogP contribution in [0.15, 0.2) is 57.0 Å². The lowest BCUT2D eigenvalue weighted by molar-refractivity contribution is -0.139. The quantitative estimate of drug-likeness (QED) is 0.217. The number of carbonyl (C=O) groups is 2. The van der Waals surface area contributed by atoms with Gasteiger partial charge in [-0.2, -0.15) is 5.10 Å². The minimum atomic E-state index is -1.66. The number of methoxy groups -OCH3 is 2. The van der Waals surface area contributed by atoms with Crippen molar-refractivity contribution in [3.63, 3.8) is 0 Å². The van der Waals surface area contributed by atoms with E-state index in [0.29, 0.717) is 41.7 Å². The fourth-order valence-electron chi connectivity index (χ4n) is 5.71. The summed E-state index contributed by atoms with van der Waals surface area (Å²) in [6.07, 6.45) is 3.10. The Bertz CT molecular complexity index is 1480. The minimum Gasteiger partial charge on any atom is -0.611 e. The van der Waals surface area contributed by atoms with Gasteiger partial charge in [0.1, 0.15) is 18.4 Å². The lowest BCUT2D eigenvalue weighted by Gasteiger charge is -2.22. The number of amides is 1. The Morgan fingerprint density at radius 1 is 1.11 bits per heavy atom. The van der Waals surface area contributed by atoms with Crippen LogP contribution in [0.25, 0.3) is 5.57 Å². The number of benzene rings is 2. The van der Waals surface area contributed by atoms with Crippen molar-refractivity contribution in [2.45, 2.75) is 56.1 Å². The zero-order chi connectivity index (χ0) is 31.1. The fourth-order valence-corrected chi connectivity index (χ4v) is 7.04. The lowest BCUT2D eigenvalue weighted by atomic mass is 9.95. The molecule has 0 radical (unpaired) electrons. The summed E-state index contributed by atoms with van der Waals surface area (Å²) in [6.45, 7) is 1.50. The highest BCUT2D eigenvalue weighted by atomic mass is 32.2. The summed E-state index contributed by atoms with van der Waals surface area (Å²) < 4.78 is 30.5. The van der Waals surface area contributed by atoms with Crippen LogP contribution in [-0.4, -0.2) is 72.5 Å². The Hall–Kier alpha value is -4.23. The molecule has 2 aliphatic carbocycles. The van der Waals surface area contributed by atoms with Gasteiger partial charge in [0.15, 0.2) is 10.6 Å². The van der Waals surface area contributed by atoms with E-state index in [1.165, 1.54) is 12.7 Å². The molecule has 1 aliphatic heterocycles. The van der Waals surface area contributed by atoms with E-state index in [-0.39, 0.29) is 18.8 Å². The third kappa shape index (κ3) is 7.11. The average molecular weight is 624 g/mol. The number of carbonyl (C=O) groups excluding carboxylic acids is 1. The van der Waals surface area contributed by atoms with Gasteiger partial charge in [-0.3, -0.25) is 0 Å². The number of carboxylic acids is 1. The Kier molecular flexibility index (Phi) is 10.3. The van der Waals surface area contributed by atoms with Crippen molar-refractivity contribution in [1.82, 2.24) is 16.1 Å². The number of alkyl carbamates (subject to hydrolysis) is 1. The molecule has 3 aliphatic rings.